The number of nitrogens with one attached hydrogen (secondary N) is 1. The highest BCUT2D eigenvalue weighted by molar-refractivity contribution is 5.51. The molecule has 10 heteroatoms. The molecule has 0 bridgehead atoms. The number of aliphatic hydroxyl groups excluding tert-OH is 1. The number of aromatic nitrogens is 4. The van der Waals surface area contributed by atoms with Crippen LogP contribution in [0.2, 0.25) is 0 Å². The van der Waals surface area contributed by atoms with Crippen molar-refractivity contribution in [2.24, 2.45) is 0 Å². The molecule has 3 aromatic rings. The summed E-state index contributed by atoms with van der Waals surface area (Å²) in [5, 5.41) is 16.5. The molecule has 0 unspecified atom stereocenters. The lowest BCUT2D eigenvalue weighted by Crippen LogP contribution is -2.22. The summed E-state index contributed by atoms with van der Waals surface area (Å²) in [7, 11) is 0. The maximum absolute atomic E-state index is 14.0. The van der Waals surface area contributed by atoms with Crippen LogP contribution in [0, 0.1) is 5.82 Å². The Balaban J connectivity index is 1.70. The van der Waals surface area contributed by atoms with Gasteiger partial charge in [0.2, 0.25) is 0 Å². The Morgan fingerprint density at radius 1 is 1.22 bits per heavy atom. The quantitative estimate of drug-likeness (QED) is 0.665. The molecule has 2 aromatic heterocycles. The summed E-state index contributed by atoms with van der Waals surface area (Å²) in [6.45, 7) is -0.0913. The molecule has 4 rings (SSSR count). The summed E-state index contributed by atoms with van der Waals surface area (Å²) < 4.78 is 53.8. The van der Waals surface area contributed by atoms with Crippen molar-refractivity contribution < 1.29 is 22.7 Å². The Morgan fingerprint density at radius 2 is 2.00 bits per heavy atom. The van der Waals surface area contributed by atoms with Gasteiger partial charge in [0, 0.05) is 19.1 Å². The Morgan fingerprint density at radius 3 is 2.63 bits per heavy atom. The van der Waals surface area contributed by atoms with Gasteiger partial charge in [0.1, 0.15) is 18.0 Å². The zero-order chi connectivity index (χ0) is 19.2. The molecule has 0 atom stereocenters. The monoisotopic (exact) mass is 381 g/mol. The molecule has 2 heterocycles. The lowest BCUT2D eigenvalue weighted by Gasteiger charge is -2.21. The number of nitrogens with zero attached hydrogens (tertiary/aromatic N) is 4. The van der Waals surface area contributed by atoms with E-state index in [0.717, 1.165) is 12.1 Å². The first-order chi connectivity index (χ1) is 12.8. The third-order valence-corrected chi connectivity index (χ3v) is 4.62. The maximum atomic E-state index is 14.0. The summed E-state index contributed by atoms with van der Waals surface area (Å²) in [6, 6.07) is 4.68. The second-order valence-electron chi connectivity index (χ2n) is 6.48. The van der Waals surface area contributed by atoms with E-state index in [1.54, 1.807) is 6.07 Å². The van der Waals surface area contributed by atoms with Gasteiger partial charge in [-0.05, 0) is 30.5 Å². The van der Waals surface area contributed by atoms with E-state index >= 15 is 0 Å². The molecule has 0 amide bonds. The van der Waals surface area contributed by atoms with Crippen molar-refractivity contribution >= 4 is 11.6 Å². The van der Waals surface area contributed by atoms with Gasteiger partial charge in [0.15, 0.2) is 0 Å². The highest BCUT2D eigenvalue weighted by Gasteiger charge is 2.46. The molecule has 0 saturated heterocycles. The number of benzene rings is 1. The van der Waals surface area contributed by atoms with Crippen molar-refractivity contribution in [3.63, 3.8) is 0 Å². The van der Waals surface area contributed by atoms with Crippen LogP contribution < -0.4 is 5.32 Å². The van der Waals surface area contributed by atoms with Gasteiger partial charge in [-0.25, -0.2) is 9.37 Å². The van der Waals surface area contributed by atoms with Gasteiger partial charge in [0.25, 0.3) is 5.78 Å². The van der Waals surface area contributed by atoms with Gasteiger partial charge in [0.05, 0.1) is 16.8 Å². The first-order valence-electron chi connectivity index (χ1n) is 8.28. The van der Waals surface area contributed by atoms with Crippen LogP contribution in [-0.2, 0) is 18.1 Å². The van der Waals surface area contributed by atoms with Crippen molar-refractivity contribution in [2.45, 2.75) is 31.0 Å². The first kappa shape index (κ1) is 17.7. The number of halogens is 4. The Labute approximate surface area is 150 Å². The van der Waals surface area contributed by atoms with E-state index in [9.17, 15) is 17.6 Å². The molecule has 0 spiro atoms. The predicted octanol–water partition coefficient (Wildman–Crippen LogP) is 2.92. The Bertz CT molecular complexity index is 997. The fourth-order valence-corrected chi connectivity index (χ4v) is 3.09. The molecule has 1 fully saturated rings. The molecule has 2 N–H and O–H groups in total. The highest BCUT2D eigenvalue weighted by Crippen LogP contribution is 2.49. The van der Waals surface area contributed by atoms with E-state index in [-0.39, 0.29) is 6.61 Å². The molecule has 27 heavy (non-hydrogen) atoms. The molecule has 1 aliphatic rings. The third kappa shape index (κ3) is 3.20. The molecule has 6 nitrogen and oxygen atoms in total. The molecular weight excluding hydrogens is 366 g/mol. The zero-order valence-corrected chi connectivity index (χ0v) is 14.0. The lowest BCUT2D eigenvalue weighted by molar-refractivity contribution is -0.140. The van der Waals surface area contributed by atoms with Crippen LogP contribution in [0.5, 0.6) is 0 Å². The smallest absolute Gasteiger partial charge is 0.396 e. The van der Waals surface area contributed by atoms with Gasteiger partial charge in [-0.15, -0.1) is 0 Å². The van der Waals surface area contributed by atoms with Crippen molar-refractivity contribution in [3.05, 3.63) is 53.2 Å². The van der Waals surface area contributed by atoms with Crippen LogP contribution in [0.15, 0.2) is 30.6 Å². The highest BCUT2D eigenvalue weighted by atomic mass is 19.4. The first-order valence-corrected chi connectivity index (χ1v) is 8.28. The van der Waals surface area contributed by atoms with E-state index in [4.69, 9.17) is 5.11 Å². The van der Waals surface area contributed by atoms with Gasteiger partial charge in [-0.1, -0.05) is 6.07 Å². The van der Waals surface area contributed by atoms with Crippen molar-refractivity contribution in [1.29, 1.82) is 0 Å². The SMILES string of the molecule is OCCc1cc(NC2(c3ccc(C(F)(F)F)c(F)c3)CC2)n2ncnc2n1. The summed E-state index contributed by atoms with van der Waals surface area (Å²) in [5.41, 5.74) is -0.937. The second kappa shape index (κ2) is 6.15. The van der Waals surface area contributed by atoms with Gasteiger partial charge in [-0.3, -0.25) is 0 Å². The predicted molar refractivity (Wildman–Crippen MR) is 87.5 cm³/mol. The average molecular weight is 381 g/mol. The van der Waals surface area contributed by atoms with Crippen LogP contribution >= 0.6 is 0 Å². The minimum atomic E-state index is -4.73. The van der Waals surface area contributed by atoms with Crippen LogP contribution in [0.4, 0.5) is 23.4 Å². The van der Waals surface area contributed by atoms with Gasteiger partial charge >= 0.3 is 6.18 Å². The van der Waals surface area contributed by atoms with Crippen molar-refractivity contribution in [1.82, 2.24) is 19.6 Å². The van der Waals surface area contributed by atoms with E-state index < -0.39 is 23.1 Å². The number of aliphatic hydroxyl groups is 1. The number of rotatable bonds is 5. The molecule has 1 aliphatic carbocycles. The summed E-state index contributed by atoms with van der Waals surface area (Å²) >= 11 is 0. The van der Waals surface area contributed by atoms with Crippen molar-refractivity contribution in [3.8, 4) is 0 Å². The Kier molecular flexibility index (Phi) is 4.02. The minimum absolute atomic E-state index is 0.0913. The van der Waals surface area contributed by atoms with Crippen LogP contribution in [-0.4, -0.2) is 31.3 Å². The molecule has 1 saturated carbocycles. The topological polar surface area (TPSA) is 75.3 Å². The fourth-order valence-electron chi connectivity index (χ4n) is 3.09. The molecule has 1 aromatic carbocycles. The van der Waals surface area contributed by atoms with E-state index in [0.29, 0.717) is 42.1 Å². The zero-order valence-electron chi connectivity index (χ0n) is 14.0. The maximum Gasteiger partial charge on any atom is 0.419 e. The number of alkyl halides is 3. The van der Waals surface area contributed by atoms with Crippen LogP contribution in [0.3, 0.4) is 0 Å². The summed E-state index contributed by atoms with van der Waals surface area (Å²) in [4.78, 5) is 8.30. The number of anilines is 1. The third-order valence-electron chi connectivity index (χ3n) is 4.62. The molecule has 142 valence electrons. The summed E-state index contributed by atoms with van der Waals surface area (Å²) in [5.74, 6) is -0.439. The fraction of sp³-hybridized carbons (Fsp3) is 0.353. The largest absolute Gasteiger partial charge is 0.419 e. The number of hydrogen-bond donors (Lipinski definition) is 2. The Hall–Kier alpha value is -2.75. The molecule has 0 aliphatic heterocycles. The van der Waals surface area contributed by atoms with Crippen molar-refractivity contribution in [2.75, 3.05) is 11.9 Å². The van der Waals surface area contributed by atoms with Gasteiger partial charge in [-0.2, -0.15) is 27.8 Å². The van der Waals surface area contributed by atoms with E-state index in [1.807, 2.05) is 0 Å². The normalized spacial score (nSPS) is 15.9. The van der Waals surface area contributed by atoms with Crippen LogP contribution in [0.25, 0.3) is 5.78 Å². The van der Waals surface area contributed by atoms with E-state index in [2.05, 4.69) is 20.4 Å². The molecular formula is C17H15F4N5O. The van der Waals surface area contributed by atoms with Gasteiger partial charge < -0.3 is 10.4 Å². The second-order valence-corrected chi connectivity index (χ2v) is 6.48. The van der Waals surface area contributed by atoms with Crippen LogP contribution in [0.1, 0.15) is 29.7 Å². The number of hydrogen-bond acceptors (Lipinski definition) is 5. The average Bonchev–Trinajstić information content (AvgIpc) is 3.21. The lowest BCUT2D eigenvalue weighted by atomic mass is 10.0. The summed E-state index contributed by atoms with van der Waals surface area (Å²) in [6.07, 6.45) is -1.82. The standard InChI is InChI=1S/C17H15F4N5O/c18-13-7-10(1-2-12(13)17(19,20)21)16(4-5-16)25-14-8-11(3-6-27)24-15-22-9-23-26(14)15/h1-2,7-9,25,27H,3-6H2. The number of fused-ring (bicyclic) bond motifs is 1. The van der Waals surface area contributed by atoms with E-state index in [1.165, 1.54) is 16.9 Å². The molecule has 0 radical (unpaired) electrons. The minimum Gasteiger partial charge on any atom is -0.396 e.